The zero-order valence-corrected chi connectivity index (χ0v) is 11.8. The highest BCUT2D eigenvalue weighted by atomic mass is 32.1. The van der Waals surface area contributed by atoms with E-state index in [1.807, 2.05) is 11.3 Å². The maximum absolute atomic E-state index is 5.49. The van der Waals surface area contributed by atoms with Gasteiger partial charge in [0.05, 0.1) is 11.8 Å². The summed E-state index contributed by atoms with van der Waals surface area (Å²) in [6.07, 6.45) is 2.70. The molecule has 18 heavy (non-hydrogen) atoms. The molecule has 1 N–H and O–H groups in total. The second-order valence-corrected chi connectivity index (χ2v) is 5.94. The lowest BCUT2D eigenvalue weighted by Crippen LogP contribution is -2.11. The Bertz CT molecular complexity index is 557. The Morgan fingerprint density at radius 2 is 2.22 bits per heavy atom. The number of rotatable bonds is 5. The van der Waals surface area contributed by atoms with Gasteiger partial charge >= 0.3 is 0 Å². The molecule has 0 aliphatic heterocycles. The van der Waals surface area contributed by atoms with Gasteiger partial charge in [0, 0.05) is 16.8 Å². The fourth-order valence-corrected chi connectivity index (χ4v) is 3.86. The number of thiophene rings is 1. The molecule has 0 atom stereocenters. The van der Waals surface area contributed by atoms with Crippen LogP contribution in [-0.2, 0) is 6.54 Å². The van der Waals surface area contributed by atoms with Crippen LogP contribution in [0, 0.1) is 0 Å². The summed E-state index contributed by atoms with van der Waals surface area (Å²) >= 11 is 1.90. The van der Waals surface area contributed by atoms with Crippen molar-refractivity contribution in [2.24, 2.45) is 0 Å². The summed E-state index contributed by atoms with van der Waals surface area (Å²) in [5.74, 6) is 1.81. The summed E-state index contributed by atoms with van der Waals surface area (Å²) in [6, 6.07) is 6.42. The van der Waals surface area contributed by atoms with Crippen LogP contribution in [0.1, 0.15) is 36.1 Å². The van der Waals surface area contributed by atoms with Crippen molar-refractivity contribution >= 4 is 21.4 Å². The van der Waals surface area contributed by atoms with Gasteiger partial charge in [-0.1, -0.05) is 19.1 Å². The first-order chi connectivity index (χ1) is 8.85. The Labute approximate surface area is 112 Å². The Morgan fingerprint density at radius 3 is 2.89 bits per heavy atom. The van der Waals surface area contributed by atoms with Crippen molar-refractivity contribution in [2.75, 3.05) is 13.7 Å². The van der Waals surface area contributed by atoms with Crippen LogP contribution in [0.2, 0.25) is 0 Å². The molecular weight excluding hydrogens is 242 g/mol. The third-order valence-corrected chi connectivity index (χ3v) is 4.77. The van der Waals surface area contributed by atoms with Gasteiger partial charge in [-0.2, -0.15) is 0 Å². The summed E-state index contributed by atoms with van der Waals surface area (Å²) in [4.78, 5) is 1.50. The molecule has 2 nitrogen and oxygen atoms in total. The van der Waals surface area contributed by atoms with Crippen molar-refractivity contribution in [3.63, 3.8) is 0 Å². The van der Waals surface area contributed by atoms with Crippen LogP contribution in [0.3, 0.4) is 0 Å². The molecule has 0 bridgehead atoms. The summed E-state index contributed by atoms with van der Waals surface area (Å²) < 4.78 is 6.81. The highest BCUT2D eigenvalue weighted by Crippen LogP contribution is 2.49. The SMILES string of the molecule is CCNCc1sc2c(OC)cccc2c1C1CC1. The number of hydrogen-bond acceptors (Lipinski definition) is 3. The van der Waals surface area contributed by atoms with E-state index in [2.05, 4.69) is 30.4 Å². The Kier molecular flexibility index (Phi) is 3.27. The number of hydrogen-bond donors (Lipinski definition) is 1. The second-order valence-electron chi connectivity index (χ2n) is 4.83. The number of methoxy groups -OCH3 is 1. The lowest BCUT2D eigenvalue weighted by atomic mass is 10.1. The van der Waals surface area contributed by atoms with E-state index in [-0.39, 0.29) is 0 Å². The van der Waals surface area contributed by atoms with Crippen molar-refractivity contribution in [3.05, 3.63) is 28.6 Å². The molecule has 3 rings (SSSR count). The predicted molar refractivity (Wildman–Crippen MR) is 77.7 cm³/mol. The first kappa shape index (κ1) is 12.0. The van der Waals surface area contributed by atoms with E-state index in [0.717, 1.165) is 24.8 Å². The van der Waals surface area contributed by atoms with Crippen LogP contribution in [0.25, 0.3) is 10.1 Å². The van der Waals surface area contributed by atoms with Crippen LogP contribution >= 0.6 is 11.3 Å². The summed E-state index contributed by atoms with van der Waals surface area (Å²) in [6.45, 7) is 4.17. The number of benzene rings is 1. The molecule has 2 aromatic rings. The fraction of sp³-hybridized carbons (Fsp3) is 0.467. The van der Waals surface area contributed by atoms with Gasteiger partial charge in [0.25, 0.3) is 0 Å². The Balaban J connectivity index is 2.12. The topological polar surface area (TPSA) is 21.3 Å². The number of fused-ring (bicyclic) bond motifs is 1. The van der Waals surface area contributed by atoms with E-state index in [9.17, 15) is 0 Å². The van der Waals surface area contributed by atoms with Gasteiger partial charge in [-0.25, -0.2) is 0 Å². The normalized spacial score (nSPS) is 15.2. The summed E-state index contributed by atoms with van der Waals surface area (Å²) in [7, 11) is 1.76. The molecule has 0 saturated heterocycles. The zero-order chi connectivity index (χ0) is 12.5. The van der Waals surface area contributed by atoms with E-state index >= 15 is 0 Å². The molecule has 1 heterocycles. The maximum atomic E-state index is 5.49. The Morgan fingerprint density at radius 1 is 1.39 bits per heavy atom. The van der Waals surface area contributed by atoms with E-state index in [1.54, 1.807) is 12.7 Å². The number of nitrogens with one attached hydrogen (secondary N) is 1. The standard InChI is InChI=1S/C15H19NOS/c1-3-16-9-13-14(10-7-8-10)11-5-4-6-12(17-2)15(11)18-13/h4-6,10,16H,3,7-9H2,1-2H3. The van der Waals surface area contributed by atoms with Crippen LogP contribution in [0.5, 0.6) is 5.75 Å². The molecule has 1 aromatic carbocycles. The molecule has 0 radical (unpaired) electrons. The Hall–Kier alpha value is -1.06. The van der Waals surface area contributed by atoms with Crippen molar-refractivity contribution in [3.8, 4) is 5.75 Å². The minimum Gasteiger partial charge on any atom is -0.495 e. The quantitative estimate of drug-likeness (QED) is 0.881. The smallest absolute Gasteiger partial charge is 0.136 e. The van der Waals surface area contributed by atoms with Gasteiger partial charge in [0.15, 0.2) is 0 Å². The van der Waals surface area contributed by atoms with Crippen molar-refractivity contribution in [1.29, 1.82) is 0 Å². The lowest BCUT2D eigenvalue weighted by molar-refractivity contribution is 0.420. The fourth-order valence-electron chi connectivity index (χ4n) is 2.51. The predicted octanol–water partition coefficient (Wildman–Crippen LogP) is 3.90. The van der Waals surface area contributed by atoms with Gasteiger partial charge in [-0.15, -0.1) is 11.3 Å². The van der Waals surface area contributed by atoms with E-state index < -0.39 is 0 Å². The van der Waals surface area contributed by atoms with Crippen LogP contribution < -0.4 is 10.1 Å². The molecule has 3 heteroatoms. The molecule has 1 aliphatic carbocycles. The van der Waals surface area contributed by atoms with Gasteiger partial charge < -0.3 is 10.1 Å². The molecule has 96 valence electrons. The maximum Gasteiger partial charge on any atom is 0.136 e. The summed E-state index contributed by atoms with van der Waals surface area (Å²) in [5, 5.41) is 4.87. The largest absolute Gasteiger partial charge is 0.495 e. The van der Waals surface area contributed by atoms with Crippen LogP contribution in [0.4, 0.5) is 0 Å². The molecule has 1 fully saturated rings. The first-order valence-corrected chi connectivity index (χ1v) is 7.45. The van der Waals surface area contributed by atoms with Crippen molar-refractivity contribution in [1.82, 2.24) is 5.32 Å². The third kappa shape index (κ3) is 2.02. The molecular formula is C15H19NOS. The lowest BCUT2D eigenvalue weighted by Gasteiger charge is -2.03. The zero-order valence-electron chi connectivity index (χ0n) is 11.0. The minimum atomic E-state index is 0.791. The molecule has 0 spiro atoms. The van der Waals surface area contributed by atoms with Crippen LogP contribution in [0.15, 0.2) is 18.2 Å². The summed E-state index contributed by atoms with van der Waals surface area (Å²) in [5.41, 5.74) is 1.58. The first-order valence-electron chi connectivity index (χ1n) is 6.64. The van der Waals surface area contributed by atoms with E-state index in [4.69, 9.17) is 4.74 Å². The van der Waals surface area contributed by atoms with Gasteiger partial charge in [-0.3, -0.25) is 0 Å². The third-order valence-electron chi connectivity index (χ3n) is 3.54. The second kappa shape index (κ2) is 4.90. The molecule has 1 aromatic heterocycles. The van der Waals surface area contributed by atoms with Gasteiger partial charge in [0.2, 0.25) is 0 Å². The molecule has 0 amide bonds. The number of ether oxygens (including phenoxy) is 1. The monoisotopic (exact) mass is 261 g/mol. The van der Waals surface area contributed by atoms with E-state index in [1.165, 1.54) is 27.8 Å². The van der Waals surface area contributed by atoms with Gasteiger partial charge in [-0.05, 0) is 36.9 Å². The van der Waals surface area contributed by atoms with Gasteiger partial charge in [0.1, 0.15) is 5.75 Å². The highest BCUT2D eigenvalue weighted by molar-refractivity contribution is 7.19. The van der Waals surface area contributed by atoms with Crippen LogP contribution in [-0.4, -0.2) is 13.7 Å². The van der Waals surface area contributed by atoms with E-state index in [0.29, 0.717) is 0 Å². The highest BCUT2D eigenvalue weighted by Gasteiger charge is 2.29. The van der Waals surface area contributed by atoms with Crippen molar-refractivity contribution in [2.45, 2.75) is 32.2 Å². The molecule has 0 unspecified atom stereocenters. The van der Waals surface area contributed by atoms with Crippen molar-refractivity contribution < 1.29 is 4.74 Å². The molecule has 1 saturated carbocycles. The minimum absolute atomic E-state index is 0.791. The average Bonchev–Trinajstić information content (AvgIpc) is 3.16. The molecule has 1 aliphatic rings. The average molecular weight is 261 g/mol.